The largest absolute Gasteiger partial charge is 0.363 e. The van der Waals surface area contributed by atoms with Crippen LogP contribution in [0.4, 0.5) is 0 Å². The third-order valence-electron chi connectivity index (χ3n) is 1.07. The molecule has 0 aliphatic carbocycles. The van der Waals surface area contributed by atoms with Gasteiger partial charge in [0.25, 0.3) is 5.91 Å². The number of halogens is 1. The molecule has 0 fully saturated rings. The highest BCUT2D eigenvalue weighted by Gasteiger charge is 2.03. The molecular weight excluding hydrogens is 166 g/mol. The Bertz CT molecular complexity index is 276. The van der Waals surface area contributed by atoms with Gasteiger partial charge in [-0.2, -0.15) is 0 Å². The maximum atomic E-state index is 10.5. The molecule has 0 aromatic carbocycles. The molecule has 1 rings (SSSR count). The van der Waals surface area contributed by atoms with E-state index in [2.05, 4.69) is 9.97 Å². The highest BCUT2D eigenvalue weighted by molar-refractivity contribution is 6.16. The molecule has 11 heavy (non-hydrogen) atoms. The van der Waals surface area contributed by atoms with Crippen LogP contribution in [0.15, 0.2) is 12.3 Å². The van der Waals surface area contributed by atoms with Crippen molar-refractivity contribution in [1.29, 1.82) is 0 Å². The number of hydrogen-bond acceptors (Lipinski definition) is 3. The van der Waals surface area contributed by atoms with Gasteiger partial charge >= 0.3 is 0 Å². The SMILES string of the molecule is NC(=O)c1nccc(CCl)n1. The molecule has 1 aromatic rings. The van der Waals surface area contributed by atoms with Gasteiger partial charge in [0.1, 0.15) is 0 Å². The Morgan fingerprint density at radius 1 is 1.73 bits per heavy atom. The van der Waals surface area contributed by atoms with Gasteiger partial charge in [0.15, 0.2) is 0 Å². The molecule has 1 aromatic heterocycles. The molecule has 1 heterocycles. The van der Waals surface area contributed by atoms with Gasteiger partial charge in [-0.1, -0.05) is 0 Å². The lowest BCUT2D eigenvalue weighted by atomic mass is 10.4. The van der Waals surface area contributed by atoms with Crippen molar-refractivity contribution in [3.05, 3.63) is 23.8 Å². The van der Waals surface area contributed by atoms with E-state index in [1.54, 1.807) is 6.07 Å². The van der Waals surface area contributed by atoms with Crippen LogP contribution in [-0.4, -0.2) is 15.9 Å². The van der Waals surface area contributed by atoms with Crippen LogP contribution in [0, 0.1) is 0 Å². The zero-order valence-electron chi connectivity index (χ0n) is 5.62. The number of nitrogens with two attached hydrogens (primary N) is 1. The van der Waals surface area contributed by atoms with E-state index in [-0.39, 0.29) is 11.7 Å². The molecule has 0 saturated heterocycles. The van der Waals surface area contributed by atoms with Gasteiger partial charge < -0.3 is 5.73 Å². The summed E-state index contributed by atoms with van der Waals surface area (Å²) in [7, 11) is 0. The van der Waals surface area contributed by atoms with Crippen molar-refractivity contribution in [1.82, 2.24) is 9.97 Å². The van der Waals surface area contributed by atoms with Crippen LogP contribution in [0.3, 0.4) is 0 Å². The molecule has 0 saturated carbocycles. The van der Waals surface area contributed by atoms with Crippen molar-refractivity contribution in [2.24, 2.45) is 5.73 Å². The van der Waals surface area contributed by atoms with E-state index in [1.165, 1.54) is 6.20 Å². The van der Waals surface area contributed by atoms with Gasteiger partial charge in [-0.05, 0) is 6.07 Å². The van der Waals surface area contributed by atoms with E-state index >= 15 is 0 Å². The van der Waals surface area contributed by atoms with Crippen molar-refractivity contribution in [3.63, 3.8) is 0 Å². The maximum absolute atomic E-state index is 10.5. The van der Waals surface area contributed by atoms with Crippen molar-refractivity contribution < 1.29 is 4.79 Å². The first-order valence-corrected chi connectivity index (χ1v) is 3.45. The van der Waals surface area contributed by atoms with Crippen LogP contribution in [0.2, 0.25) is 0 Å². The van der Waals surface area contributed by atoms with Gasteiger partial charge in [-0.3, -0.25) is 4.79 Å². The minimum Gasteiger partial charge on any atom is -0.363 e. The topological polar surface area (TPSA) is 68.9 Å². The Labute approximate surface area is 68.4 Å². The number of amides is 1. The fourth-order valence-electron chi connectivity index (χ4n) is 0.589. The summed E-state index contributed by atoms with van der Waals surface area (Å²) in [5.41, 5.74) is 5.52. The van der Waals surface area contributed by atoms with Crippen molar-refractivity contribution >= 4 is 17.5 Å². The minimum atomic E-state index is -0.642. The van der Waals surface area contributed by atoms with Gasteiger partial charge in [-0.15, -0.1) is 11.6 Å². The van der Waals surface area contributed by atoms with Crippen LogP contribution in [-0.2, 0) is 5.88 Å². The molecule has 1 amide bonds. The fraction of sp³-hybridized carbons (Fsp3) is 0.167. The maximum Gasteiger partial charge on any atom is 0.286 e. The average molecular weight is 172 g/mol. The first-order chi connectivity index (χ1) is 5.24. The zero-order chi connectivity index (χ0) is 8.27. The molecule has 0 aliphatic heterocycles. The summed E-state index contributed by atoms with van der Waals surface area (Å²) in [6.45, 7) is 0. The summed E-state index contributed by atoms with van der Waals surface area (Å²) in [4.78, 5) is 17.9. The predicted molar refractivity (Wildman–Crippen MR) is 40.1 cm³/mol. The Hall–Kier alpha value is -1.16. The molecule has 4 nitrogen and oxygen atoms in total. The van der Waals surface area contributed by atoms with Crippen molar-refractivity contribution in [3.8, 4) is 0 Å². The highest BCUT2D eigenvalue weighted by Crippen LogP contribution is 1.98. The van der Waals surface area contributed by atoms with Gasteiger partial charge in [0.2, 0.25) is 5.82 Å². The molecule has 0 unspecified atom stereocenters. The first kappa shape index (κ1) is 7.94. The second-order valence-corrected chi connectivity index (χ2v) is 2.14. The number of aromatic nitrogens is 2. The lowest BCUT2D eigenvalue weighted by Gasteiger charge is -1.95. The van der Waals surface area contributed by atoms with Crippen molar-refractivity contribution in [2.75, 3.05) is 0 Å². The number of primary amides is 1. The molecular formula is C6H6ClN3O. The summed E-state index contributed by atoms with van der Waals surface area (Å²) < 4.78 is 0. The third kappa shape index (κ3) is 1.88. The van der Waals surface area contributed by atoms with Crippen molar-refractivity contribution in [2.45, 2.75) is 5.88 Å². The van der Waals surface area contributed by atoms with E-state index in [9.17, 15) is 4.79 Å². The summed E-state index contributed by atoms with van der Waals surface area (Å²) in [6.07, 6.45) is 1.45. The summed E-state index contributed by atoms with van der Waals surface area (Å²) >= 11 is 5.46. The molecule has 0 atom stereocenters. The quantitative estimate of drug-likeness (QED) is 0.652. The number of carbonyl (C=O) groups excluding carboxylic acids is 1. The number of rotatable bonds is 2. The van der Waals surface area contributed by atoms with Gasteiger partial charge in [0, 0.05) is 6.20 Å². The second-order valence-electron chi connectivity index (χ2n) is 1.87. The van der Waals surface area contributed by atoms with Crippen LogP contribution in [0.25, 0.3) is 0 Å². The normalized spacial score (nSPS) is 9.55. The van der Waals surface area contributed by atoms with Crippen LogP contribution in [0.5, 0.6) is 0 Å². The Morgan fingerprint density at radius 3 is 3.00 bits per heavy atom. The van der Waals surface area contributed by atoms with E-state index in [0.717, 1.165) is 0 Å². The lowest BCUT2D eigenvalue weighted by molar-refractivity contribution is 0.0990. The summed E-state index contributed by atoms with van der Waals surface area (Å²) in [5, 5.41) is 0. The molecule has 5 heteroatoms. The summed E-state index contributed by atoms with van der Waals surface area (Å²) in [5.74, 6) is -0.386. The lowest BCUT2D eigenvalue weighted by Crippen LogP contribution is -2.15. The molecule has 0 bridgehead atoms. The minimum absolute atomic E-state index is 0.00292. The smallest absolute Gasteiger partial charge is 0.286 e. The summed E-state index contributed by atoms with van der Waals surface area (Å²) in [6, 6.07) is 1.62. The molecule has 58 valence electrons. The van der Waals surface area contributed by atoms with E-state index < -0.39 is 5.91 Å². The standard InChI is InChI=1S/C6H6ClN3O/c7-3-4-1-2-9-6(10-4)5(8)11/h1-2H,3H2,(H2,8,11). The van der Waals surface area contributed by atoms with Crippen LogP contribution >= 0.6 is 11.6 Å². The first-order valence-electron chi connectivity index (χ1n) is 2.91. The molecule has 0 spiro atoms. The Balaban J connectivity index is 3.01. The molecule has 2 N–H and O–H groups in total. The van der Waals surface area contributed by atoms with E-state index in [0.29, 0.717) is 5.69 Å². The van der Waals surface area contributed by atoms with Crippen LogP contribution < -0.4 is 5.73 Å². The second kappa shape index (κ2) is 3.30. The number of carbonyl (C=O) groups is 1. The monoisotopic (exact) mass is 171 g/mol. The third-order valence-corrected chi connectivity index (χ3v) is 1.34. The fourth-order valence-corrected chi connectivity index (χ4v) is 0.738. The number of alkyl halides is 1. The number of nitrogens with zero attached hydrogens (tertiary/aromatic N) is 2. The number of hydrogen-bond donors (Lipinski definition) is 1. The van der Waals surface area contributed by atoms with Gasteiger partial charge in [0.05, 0.1) is 11.6 Å². The molecule has 0 aliphatic rings. The molecule has 0 radical (unpaired) electrons. The van der Waals surface area contributed by atoms with E-state index in [4.69, 9.17) is 17.3 Å². The highest BCUT2D eigenvalue weighted by atomic mass is 35.5. The van der Waals surface area contributed by atoms with E-state index in [1.807, 2.05) is 0 Å². The van der Waals surface area contributed by atoms with Gasteiger partial charge in [-0.25, -0.2) is 9.97 Å². The Morgan fingerprint density at radius 2 is 2.45 bits per heavy atom. The zero-order valence-corrected chi connectivity index (χ0v) is 6.38. The predicted octanol–water partition coefficient (Wildman–Crippen LogP) is 0.314. The Kier molecular flexibility index (Phi) is 2.38. The van der Waals surface area contributed by atoms with Crippen LogP contribution in [0.1, 0.15) is 16.3 Å². The average Bonchev–Trinajstić information content (AvgIpc) is 2.05.